The zero-order chi connectivity index (χ0) is 13.2. The van der Waals surface area contributed by atoms with Crippen molar-refractivity contribution in [3.8, 4) is 0 Å². The molecule has 0 fully saturated rings. The van der Waals surface area contributed by atoms with Crippen LogP contribution in [0.3, 0.4) is 0 Å². The molecule has 0 bridgehead atoms. The minimum atomic E-state index is -4.39. The molecule has 2 aromatic rings. The van der Waals surface area contributed by atoms with Crippen molar-refractivity contribution in [2.75, 3.05) is 0 Å². The highest BCUT2D eigenvalue weighted by Crippen LogP contribution is 2.29. The molecule has 1 heterocycles. The zero-order valence-corrected chi connectivity index (χ0v) is 9.20. The van der Waals surface area contributed by atoms with Crippen LogP contribution in [0.4, 0.5) is 13.2 Å². The summed E-state index contributed by atoms with van der Waals surface area (Å²) in [7, 11) is 0. The smallest absolute Gasteiger partial charge is 0.416 e. The molecule has 1 aromatic heterocycles. The first-order chi connectivity index (χ1) is 8.47. The van der Waals surface area contributed by atoms with Gasteiger partial charge in [-0.1, -0.05) is 12.1 Å². The fourth-order valence-corrected chi connectivity index (χ4v) is 1.52. The number of Topliss-reactive ketones (excluding diaryl/α,β-unsaturated/α-hetero) is 1. The summed E-state index contributed by atoms with van der Waals surface area (Å²) in [6.45, 7) is 0. The number of hydrogen-bond donors (Lipinski definition) is 0. The van der Waals surface area contributed by atoms with Gasteiger partial charge in [-0.3, -0.25) is 4.79 Å². The third-order valence-corrected chi connectivity index (χ3v) is 2.45. The van der Waals surface area contributed by atoms with Crippen LogP contribution in [0.5, 0.6) is 0 Å². The maximum Gasteiger partial charge on any atom is 0.416 e. The van der Waals surface area contributed by atoms with Gasteiger partial charge in [0.1, 0.15) is 5.76 Å². The molecular weight excluding hydrogens is 245 g/mol. The molecule has 0 atom stereocenters. The quantitative estimate of drug-likeness (QED) is 0.781. The van der Waals surface area contributed by atoms with E-state index in [1.165, 1.54) is 18.4 Å². The van der Waals surface area contributed by atoms with E-state index in [0.29, 0.717) is 5.76 Å². The number of alkyl halides is 3. The van der Waals surface area contributed by atoms with Gasteiger partial charge in [-0.2, -0.15) is 13.2 Å². The van der Waals surface area contributed by atoms with E-state index in [-0.39, 0.29) is 17.8 Å². The molecule has 0 aliphatic rings. The largest absolute Gasteiger partial charge is 0.469 e. The normalized spacial score (nSPS) is 11.5. The Labute approximate surface area is 101 Å². The summed E-state index contributed by atoms with van der Waals surface area (Å²) in [4.78, 5) is 11.7. The Hall–Kier alpha value is -2.04. The lowest BCUT2D eigenvalue weighted by Gasteiger charge is -2.06. The van der Waals surface area contributed by atoms with E-state index in [9.17, 15) is 18.0 Å². The Morgan fingerprint density at radius 1 is 1.11 bits per heavy atom. The van der Waals surface area contributed by atoms with Crippen LogP contribution in [-0.4, -0.2) is 5.78 Å². The van der Waals surface area contributed by atoms with E-state index in [1.54, 1.807) is 12.1 Å². The van der Waals surface area contributed by atoms with Crippen molar-refractivity contribution in [2.45, 2.75) is 12.6 Å². The number of rotatable bonds is 3. The van der Waals surface area contributed by atoms with E-state index in [1.807, 2.05) is 0 Å². The zero-order valence-electron chi connectivity index (χ0n) is 9.20. The van der Waals surface area contributed by atoms with E-state index >= 15 is 0 Å². The predicted octanol–water partition coefficient (Wildman–Crippen LogP) is 3.72. The van der Waals surface area contributed by atoms with Gasteiger partial charge in [0.25, 0.3) is 0 Å². The number of carbonyl (C=O) groups excluding carboxylic acids is 1. The molecule has 0 saturated carbocycles. The van der Waals surface area contributed by atoms with Crippen molar-refractivity contribution in [1.82, 2.24) is 0 Å². The van der Waals surface area contributed by atoms with Crippen molar-refractivity contribution >= 4 is 5.78 Å². The predicted molar refractivity (Wildman–Crippen MR) is 58.2 cm³/mol. The Kier molecular flexibility index (Phi) is 3.23. The van der Waals surface area contributed by atoms with E-state index in [4.69, 9.17) is 4.42 Å². The molecule has 0 unspecified atom stereocenters. The van der Waals surface area contributed by atoms with Gasteiger partial charge in [0.05, 0.1) is 18.2 Å². The molecular formula is C13H9F3O2. The fourth-order valence-electron chi connectivity index (χ4n) is 1.52. The third-order valence-electron chi connectivity index (χ3n) is 2.45. The van der Waals surface area contributed by atoms with Crippen LogP contribution in [0.2, 0.25) is 0 Å². The van der Waals surface area contributed by atoms with E-state index in [0.717, 1.165) is 12.1 Å². The summed E-state index contributed by atoms with van der Waals surface area (Å²) in [5.41, 5.74) is -0.531. The van der Waals surface area contributed by atoms with Crippen LogP contribution in [0.25, 0.3) is 0 Å². The third kappa shape index (κ3) is 2.80. The molecule has 2 nitrogen and oxygen atoms in total. The summed E-state index contributed by atoms with van der Waals surface area (Å²) in [5, 5.41) is 0. The first-order valence-corrected chi connectivity index (χ1v) is 5.19. The minimum absolute atomic E-state index is 0.0400. The second kappa shape index (κ2) is 4.68. The molecule has 0 radical (unpaired) electrons. The number of carbonyl (C=O) groups is 1. The van der Waals surface area contributed by atoms with Gasteiger partial charge in [-0.05, 0) is 24.3 Å². The van der Waals surface area contributed by atoms with Gasteiger partial charge < -0.3 is 4.42 Å². The maximum absolute atomic E-state index is 12.3. The van der Waals surface area contributed by atoms with Crippen LogP contribution in [0.15, 0.2) is 47.1 Å². The highest BCUT2D eigenvalue weighted by molar-refractivity contribution is 5.97. The highest BCUT2D eigenvalue weighted by atomic mass is 19.4. The number of hydrogen-bond acceptors (Lipinski definition) is 2. The van der Waals surface area contributed by atoms with Crippen LogP contribution >= 0.6 is 0 Å². The molecule has 0 spiro atoms. The number of furan rings is 1. The highest BCUT2D eigenvalue weighted by Gasteiger charge is 2.30. The second-order valence-corrected chi connectivity index (χ2v) is 3.75. The Balaban J connectivity index is 2.12. The van der Waals surface area contributed by atoms with Crippen LogP contribution in [0, 0.1) is 0 Å². The fraction of sp³-hybridized carbons (Fsp3) is 0.154. The standard InChI is InChI=1S/C13H9F3O2/c14-13(15,16)10-5-3-9(4-6-10)12(17)8-11-2-1-7-18-11/h1-7H,8H2. The van der Waals surface area contributed by atoms with Crippen LogP contribution in [-0.2, 0) is 12.6 Å². The van der Waals surface area contributed by atoms with Crippen molar-refractivity contribution < 1.29 is 22.4 Å². The lowest BCUT2D eigenvalue weighted by atomic mass is 10.0. The number of ketones is 1. The first kappa shape index (κ1) is 12.4. The van der Waals surface area contributed by atoms with Crippen LogP contribution < -0.4 is 0 Å². The van der Waals surface area contributed by atoms with Gasteiger partial charge >= 0.3 is 6.18 Å². The van der Waals surface area contributed by atoms with Gasteiger partial charge in [0, 0.05) is 5.56 Å². The van der Waals surface area contributed by atoms with E-state index in [2.05, 4.69) is 0 Å². The van der Waals surface area contributed by atoms with E-state index < -0.39 is 11.7 Å². The molecule has 0 saturated heterocycles. The second-order valence-electron chi connectivity index (χ2n) is 3.75. The Bertz CT molecular complexity index is 524. The average molecular weight is 254 g/mol. The molecule has 2 rings (SSSR count). The molecule has 94 valence electrons. The topological polar surface area (TPSA) is 30.2 Å². The molecule has 18 heavy (non-hydrogen) atoms. The SMILES string of the molecule is O=C(Cc1ccco1)c1ccc(C(F)(F)F)cc1. The Morgan fingerprint density at radius 2 is 1.78 bits per heavy atom. The monoisotopic (exact) mass is 254 g/mol. The summed E-state index contributed by atoms with van der Waals surface area (Å²) in [5.74, 6) is 0.207. The van der Waals surface area contributed by atoms with Gasteiger partial charge in [0.15, 0.2) is 5.78 Å². The van der Waals surface area contributed by atoms with Crippen molar-refractivity contribution in [1.29, 1.82) is 0 Å². The summed E-state index contributed by atoms with van der Waals surface area (Å²) in [6, 6.07) is 7.43. The summed E-state index contributed by atoms with van der Waals surface area (Å²) < 4.78 is 42.0. The lowest BCUT2D eigenvalue weighted by Crippen LogP contribution is -2.07. The van der Waals surface area contributed by atoms with Crippen molar-refractivity contribution in [3.05, 3.63) is 59.5 Å². The molecule has 0 N–H and O–H groups in total. The number of benzene rings is 1. The van der Waals surface area contributed by atoms with Gasteiger partial charge in [-0.15, -0.1) is 0 Å². The Morgan fingerprint density at radius 3 is 2.28 bits per heavy atom. The first-order valence-electron chi connectivity index (χ1n) is 5.19. The molecule has 0 amide bonds. The number of halogens is 3. The van der Waals surface area contributed by atoms with Gasteiger partial charge in [0.2, 0.25) is 0 Å². The molecule has 0 aliphatic heterocycles. The maximum atomic E-state index is 12.3. The van der Waals surface area contributed by atoms with Crippen molar-refractivity contribution in [3.63, 3.8) is 0 Å². The molecule has 5 heteroatoms. The summed E-state index contributed by atoms with van der Waals surface area (Å²) in [6.07, 6.45) is -2.91. The van der Waals surface area contributed by atoms with Crippen molar-refractivity contribution in [2.24, 2.45) is 0 Å². The van der Waals surface area contributed by atoms with Crippen LogP contribution in [0.1, 0.15) is 21.7 Å². The molecule has 0 aliphatic carbocycles. The minimum Gasteiger partial charge on any atom is -0.469 e. The summed E-state index contributed by atoms with van der Waals surface area (Å²) >= 11 is 0. The van der Waals surface area contributed by atoms with Gasteiger partial charge in [-0.25, -0.2) is 0 Å². The average Bonchev–Trinajstić information content (AvgIpc) is 2.81. The molecule has 1 aromatic carbocycles. The lowest BCUT2D eigenvalue weighted by molar-refractivity contribution is -0.137.